The molecule has 168 valence electrons. The zero-order valence-corrected chi connectivity index (χ0v) is 17.9. The summed E-state index contributed by atoms with van der Waals surface area (Å²) >= 11 is 0. The predicted octanol–water partition coefficient (Wildman–Crippen LogP) is 1.60. The lowest BCUT2D eigenvalue weighted by molar-refractivity contribution is -0.136. The number of hydrogen-bond donors (Lipinski definition) is 2. The minimum absolute atomic E-state index is 0.169. The van der Waals surface area contributed by atoms with Gasteiger partial charge in [0, 0.05) is 37.0 Å². The first-order chi connectivity index (χ1) is 15.6. The number of nitrogens with one attached hydrogen (secondary N) is 2. The van der Waals surface area contributed by atoms with E-state index in [0.717, 1.165) is 36.6 Å². The number of ether oxygens (including phenoxy) is 1. The molecule has 1 aromatic carbocycles. The van der Waals surface area contributed by atoms with Gasteiger partial charge in [0.2, 0.25) is 11.8 Å². The molecule has 0 radical (unpaired) electrons. The van der Waals surface area contributed by atoms with Crippen molar-refractivity contribution in [2.45, 2.75) is 57.3 Å². The van der Waals surface area contributed by atoms with Gasteiger partial charge in [-0.1, -0.05) is 6.42 Å². The Balaban J connectivity index is 1.23. The second-order valence-corrected chi connectivity index (χ2v) is 8.69. The number of imide groups is 1. The van der Waals surface area contributed by atoms with Crippen LogP contribution in [-0.4, -0.2) is 62.7 Å². The number of hydrogen-bond acceptors (Lipinski definition) is 6. The molecule has 32 heavy (non-hydrogen) atoms. The van der Waals surface area contributed by atoms with Gasteiger partial charge in [-0.05, 0) is 49.6 Å². The Morgan fingerprint density at radius 3 is 2.88 bits per heavy atom. The van der Waals surface area contributed by atoms with Gasteiger partial charge >= 0.3 is 0 Å². The van der Waals surface area contributed by atoms with Gasteiger partial charge in [-0.3, -0.25) is 24.6 Å². The van der Waals surface area contributed by atoms with E-state index in [-0.39, 0.29) is 18.2 Å². The van der Waals surface area contributed by atoms with E-state index in [2.05, 4.69) is 20.2 Å². The van der Waals surface area contributed by atoms with Gasteiger partial charge in [-0.2, -0.15) is 0 Å². The van der Waals surface area contributed by atoms with Crippen LogP contribution in [0.5, 0.6) is 5.75 Å². The van der Waals surface area contributed by atoms with E-state index in [4.69, 9.17) is 4.74 Å². The van der Waals surface area contributed by atoms with E-state index in [1.54, 1.807) is 17.2 Å². The number of nitrogens with zero attached hydrogens (tertiary/aromatic N) is 3. The molecule has 2 fully saturated rings. The lowest BCUT2D eigenvalue weighted by Crippen LogP contribution is -2.52. The molecule has 1 aromatic heterocycles. The number of rotatable bonds is 6. The van der Waals surface area contributed by atoms with Gasteiger partial charge in [0.1, 0.15) is 24.2 Å². The summed E-state index contributed by atoms with van der Waals surface area (Å²) in [5.41, 5.74) is 1.45. The summed E-state index contributed by atoms with van der Waals surface area (Å²) < 4.78 is 6.15. The average molecular weight is 438 g/mol. The molecular formula is C23H27N5O4. The minimum Gasteiger partial charge on any atom is -0.492 e. The van der Waals surface area contributed by atoms with Crippen molar-refractivity contribution in [3.8, 4) is 5.75 Å². The monoisotopic (exact) mass is 437 g/mol. The molecule has 0 aliphatic carbocycles. The SMILES string of the molecule is O=C1CCC(N2Cc3cc(OC[C@@H]4CCCCN4Cc4ncc[nH]4)ccc3C2=O)C(=O)N1. The number of aromatic amines is 1. The van der Waals surface area contributed by atoms with Gasteiger partial charge in [0.25, 0.3) is 5.91 Å². The summed E-state index contributed by atoms with van der Waals surface area (Å²) in [7, 11) is 0. The number of fused-ring (bicyclic) bond motifs is 1. The molecule has 9 nitrogen and oxygen atoms in total. The van der Waals surface area contributed by atoms with Gasteiger partial charge in [0.15, 0.2) is 0 Å². The van der Waals surface area contributed by atoms with Crippen molar-refractivity contribution in [1.82, 2.24) is 25.1 Å². The Kier molecular flexibility index (Phi) is 5.65. The van der Waals surface area contributed by atoms with Crippen molar-refractivity contribution in [2.24, 2.45) is 0 Å². The number of likely N-dealkylation sites (tertiary alicyclic amines) is 1. The Morgan fingerprint density at radius 2 is 2.06 bits per heavy atom. The summed E-state index contributed by atoms with van der Waals surface area (Å²) in [6.07, 6.45) is 7.66. The Hall–Kier alpha value is -3.20. The molecule has 4 heterocycles. The van der Waals surface area contributed by atoms with Gasteiger partial charge in [-0.15, -0.1) is 0 Å². The lowest BCUT2D eigenvalue weighted by Gasteiger charge is -2.34. The van der Waals surface area contributed by atoms with Crippen LogP contribution < -0.4 is 10.1 Å². The van der Waals surface area contributed by atoms with Crippen LogP contribution in [0.4, 0.5) is 0 Å². The maximum absolute atomic E-state index is 12.8. The second-order valence-electron chi connectivity index (χ2n) is 8.69. The van der Waals surface area contributed by atoms with Crippen LogP contribution in [0.15, 0.2) is 30.6 Å². The fourth-order valence-corrected chi connectivity index (χ4v) is 4.87. The van der Waals surface area contributed by atoms with Crippen molar-refractivity contribution in [2.75, 3.05) is 13.2 Å². The predicted molar refractivity (Wildman–Crippen MR) is 115 cm³/mol. The van der Waals surface area contributed by atoms with E-state index in [0.29, 0.717) is 31.2 Å². The van der Waals surface area contributed by atoms with Crippen LogP contribution in [0.2, 0.25) is 0 Å². The summed E-state index contributed by atoms with van der Waals surface area (Å²) in [4.78, 5) is 48.0. The summed E-state index contributed by atoms with van der Waals surface area (Å²) in [5.74, 6) is 0.840. The van der Waals surface area contributed by atoms with Crippen LogP contribution in [0.1, 0.15) is 53.8 Å². The van der Waals surface area contributed by atoms with Gasteiger partial charge in [-0.25, -0.2) is 4.98 Å². The number of H-pyrrole nitrogens is 1. The molecular weight excluding hydrogens is 410 g/mol. The first-order valence-electron chi connectivity index (χ1n) is 11.2. The largest absolute Gasteiger partial charge is 0.492 e. The van der Waals surface area contributed by atoms with Crippen molar-refractivity contribution < 1.29 is 19.1 Å². The smallest absolute Gasteiger partial charge is 0.255 e. The molecule has 0 bridgehead atoms. The van der Waals surface area contributed by atoms with Gasteiger partial charge in [0.05, 0.1) is 6.54 Å². The van der Waals surface area contributed by atoms with Crippen LogP contribution >= 0.6 is 0 Å². The number of carbonyl (C=O) groups is 3. The van der Waals surface area contributed by atoms with E-state index >= 15 is 0 Å². The highest BCUT2D eigenvalue weighted by Gasteiger charge is 2.39. The molecule has 2 aromatic rings. The third-order valence-electron chi connectivity index (χ3n) is 6.59. The Bertz CT molecular complexity index is 1020. The molecule has 0 spiro atoms. The Labute approximate surface area is 186 Å². The molecule has 3 amide bonds. The third kappa shape index (κ3) is 4.12. The number of amides is 3. The quantitative estimate of drug-likeness (QED) is 0.665. The number of aromatic nitrogens is 2. The summed E-state index contributed by atoms with van der Waals surface area (Å²) in [6, 6.07) is 5.21. The van der Waals surface area contributed by atoms with Crippen LogP contribution in [0.25, 0.3) is 0 Å². The summed E-state index contributed by atoms with van der Waals surface area (Å²) in [6.45, 7) is 2.73. The molecule has 5 rings (SSSR count). The molecule has 2 saturated heterocycles. The summed E-state index contributed by atoms with van der Waals surface area (Å²) in [5, 5.41) is 2.33. The molecule has 3 aliphatic heterocycles. The topological polar surface area (TPSA) is 108 Å². The highest BCUT2D eigenvalue weighted by Crippen LogP contribution is 2.30. The van der Waals surface area contributed by atoms with E-state index < -0.39 is 11.9 Å². The molecule has 2 N–H and O–H groups in total. The molecule has 0 saturated carbocycles. The van der Waals surface area contributed by atoms with Crippen molar-refractivity contribution >= 4 is 17.7 Å². The molecule has 2 atom stereocenters. The standard InChI is InChI=1S/C23H27N5O4/c29-21-7-6-19(22(30)26-21)28-12-15-11-17(4-5-18(15)23(28)31)32-14-16-3-1-2-10-27(16)13-20-24-8-9-25-20/h4-5,8-9,11,16,19H,1-3,6-7,10,12-14H2,(H,24,25)(H,26,29,30)/t16-,19?/m0/s1. The lowest BCUT2D eigenvalue weighted by atomic mass is 10.0. The van der Waals surface area contributed by atoms with Gasteiger partial charge < -0.3 is 14.6 Å². The number of piperidine rings is 2. The van der Waals surface area contributed by atoms with E-state index in [1.165, 1.54) is 12.8 Å². The second kappa shape index (κ2) is 8.74. The number of benzene rings is 1. The van der Waals surface area contributed by atoms with Crippen LogP contribution in [-0.2, 0) is 22.7 Å². The first-order valence-corrected chi connectivity index (χ1v) is 11.2. The zero-order valence-electron chi connectivity index (χ0n) is 17.9. The number of carbonyl (C=O) groups excluding carboxylic acids is 3. The van der Waals surface area contributed by atoms with Crippen LogP contribution in [0.3, 0.4) is 0 Å². The zero-order chi connectivity index (χ0) is 22.1. The maximum Gasteiger partial charge on any atom is 0.255 e. The van der Waals surface area contributed by atoms with Crippen LogP contribution in [0, 0.1) is 0 Å². The Morgan fingerprint density at radius 1 is 1.16 bits per heavy atom. The molecule has 1 unspecified atom stereocenters. The highest BCUT2D eigenvalue weighted by atomic mass is 16.5. The molecule has 9 heteroatoms. The number of imidazole rings is 1. The first kappa shape index (κ1) is 20.7. The van der Waals surface area contributed by atoms with Crippen molar-refractivity contribution in [3.05, 3.63) is 47.5 Å². The third-order valence-corrected chi connectivity index (χ3v) is 6.59. The van der Waals surface area contributed by atoms with Crippen molar-refractivity contribution in [3.63, 3.8) is 0 Å². The fraction of sp³-hybridized carbons (Fsp3) is 0.478. The van der Waals surface area contributed by atoms with E-state index in [9.17, 15) is 14.4 Å². The maximum atomic E-state index is 12.8. The average Bonchev–Trinajstić information content (AvgIpc) is 3.41. The van der Waals surface area contributed by atoms with E-state index in [1.807, 2.05) is 18.3 Å². The fourth-order valence-electron chi connectivity index (χ4n) is 4.87. The van der Waals surface area contributed by atoms with Crippen molar-refractivity contribution in [1.29, 1.82) is 0 Å². The molecule has 3 aliphatic rings. The highest BCUT2D eigenvalue weighted by molar-refractivity contribution is 6.05. The normalized spacial score (nSPS) is 23.9. The minimum atomic E-state index is -0.602.